The molecule has 0 fully saturated rings. The second-order valence-corrected chi connectivity index (χ2v) is 5.75. The van der Waals surface area contributed by atoms with Crippen LogP contribution < -0.4 is 20.1 Å². The molecule has 2 aromatic rings. The quantitative estimate of drug-likeness (QED) is 0.265. The van der Waals surface area contributed by atoms with Crippen molar-refractivity contribution >= 4 is 29.9 Å². The molecule has 7 nitrogen and oxygen atoms in total. The smallest absolute Gasteiger partial charge is 0.191 e. The van der Waals surface area contributed by atoms with Crippen LogP contribution in [0.4, 0.5) is 0 Å². The van der Waals surface area contributed by atoms with Gasteiger partial charge in [-0.3, -0.25) is 4.99 Å². The first-order chi connectivity index (χ1) is 12.1. The van der Waals surface area contributed by atoms with E-state index in [2.05, 4.69) is 34.6 Å². The highest BCUT2D eigenvalue weighted by molar-refractivity contribution is 14.0. The number of nitrogens with zero attached hydrogens (tertiary/aromatic N) is 2. The highest BCUT2D eigenvalue weighted by atomic mass is 127. The molecule has 0 bridgehead atoms. The van der Waals surface area contributed by atoms with Crippen molar-refractivity contribution in [2.45, 2.75) is 26.3 Å². The van der Waals surface area contributed by atoms with Crippen molar-refractivity contribution in [3.05, 3.63) is 41.8 Å². The SMILES string of the molecule is CN=C(NCCOc1cccc(OC)c1)NCc1cc(C(C)C)no1.I. The third-order valence-electron chi connectivity index (χ3n) is 3.53. The lowest BCUT2D eigenvalue weighted by atomic mass is 10.1. The van der Waals surface area contributed by atoms with E-state index in [-0.39, 0.29) is 24.0 Å². The third kappa shape index (κ3) is 7.11. The second kappa shape index (κ2) is 11.6. The van der Waals surface area contributed by atoms with Crippen LogP contribution in [-0.4, -0.2) is 38.4 Å². The van der Waals surface area contributed by atoms with E-state index in [1.54, 1.807) is 14.2 Å². The Balaban J connectivity index is 0.00000338. The number of benzene rings is 1. The van der Waals surface area contributed by atoms with Crippen LogP contribution in [0.15, 0.2) is 39.8 Å². The summed E-state index contributed by atoms with van der Waals surface area (Å²) < 4.78 is 16.1. The molecule has 0 saturated carbocycles. The summed E-state index contributed by atoms with van der Waals surface area (Å²) in [6, 6.07) is 9.47. The number of methoxy groups -OCH3 is 1. The van der Waals surface area contributed by atoms with Crippen LogP contribution in [0.2, 0.25) is 0 Å². The van der Waals surface area contributed by atoms with Crippen LogP contribution >= 0.6 is 24.0 Å². The van der Waals surface area contributed by atoms with Crippen molar-refractivity contribution in [2.75, 3.05) is 27.3 Å². The normalized spacial score (nSPS) is 11.0. The molecule has 0 atom stereocenters. The predicted octanol–water partition coefficient (Wildman–Crippen LogP) is 3.17. The van der Waals surface area contributed by atoms with Gasteiger partial charge < -0.3 is 24.6 Å². The maximum Gasteiger partial charge on any atom is 0.191 e. The first kappa shape index (κ1) is 22.1. The Kier molecular flexibility index (Phi) is 9.85. The molecule has 1 aromatic carbocycles. The number of hydrogen-bond donors (Lipinski definition) is 2. The molecule has 0 amide bonds. The second-order valence-electron chi connectivity index (χ2n) is 5.75. The van der Waals surface area contributed by atoms with Gasteiger partial charge in [-0.1, -0.05) is 25.1 Å². The summed E-state index contributed by atoms with van der Waals surface area (Å²) in [6.07, 6.45) is 0. The zero-order valence-electron chi connectivity index (χ0n) is 15.6. The van der Waals surface area contributed by atoms with Gasteiger partial charge in [-0.05, 0) is 18.1 Å². The first-order valence-electron chi connectivity index (χ1n) is 8.29. The molecule has 26 heavy (non-hydrogen) atoms. The van der Waals surface area contributed by atoms with Crippen LogP contribution in [0, 0.1) is 0 Å². The molecular formula is C18H27IN4O3. The fourth-order valence-corrected chi connectivity index (χ4v) is 2.11. The first-order valence-corrected chi connectivity index (χ1v) is 8.29. The summed E-state index contributed by atoms with van der Waals surface area (Å²) in [4.78, 5) is 4.17. The highest BCUT2D eigenvalue weighted by Crippen LogP contribution is 2.18. The van der Waals surface area contributed by atoms with Crippen molar-refractivity contribution in [3.8, 4) is 11.5 Å². The molecule has 0 spiro atoms. The van der Waals surface area contributed by atoms with E-state index in [1.807, 2.05) is 30.3 Å². The zero-order chi connectivity index (χ0) is 18.1. The molecule has 1 heterocycles. The lowest BCUT2D eigenvalue weighted by Gasteiger charge is -2.12. The van der Waals surface area contributed by atoms with E-state index in [0.29, 0.717) is 31.6 Å². The topological polar surface area (TPSA) is 80.9 Å². The Morgan fingerprint density at radius 3 is 2.65 bits per heavy atom. The summed E-state index contributed by atoms with van der Waals surface area (Å²) in [5.74, 6) is 3.35. The van der Waals surface area contributed by atoms with Gasteiger partial charge in [-0.15, -0.1) is 24.0 Å². The van der Waals surface area contributed by atoms with Gasteiger partial charge in [0.2, 0.25) is 0 Å². The molecule has 0 radical (unpaired) electrons. The number of rotatable bonds is 8. The zero-order valence-corrected chi connectivity index (χ0v) is 17.9. The predicted molar refractivity (Wildman–Crippen MR) is 113 cm³/mol. The molecule has 144 valence electrons. The largest absolute Gasteiger partial charge is 0.497 e. The van der Waals surface area contributed by atoms with Gasteiger partial charge in [-0.25, -0.2) is 0 Å². The third-order valence-corrected chi connectivity index (χ3v) is 3.53. The van der Waals surface area contributed by atoms with E-state index in [4.69, 9.17) is 14.0 Å². The fraction of sp³-hybridized carbons (Fsp3) is 0.444. The molecule has 0 aliphatic carbocycles. The minimum absolute atomic E-state index is 0. The van der Waals surface area contributed by atoms with Crippen LogP contribution in [0.5, 0.6) is 11.5 Å². The van der Waals surface area contributed by atoms with Crippen molar-refractivity contribution in [1.82, 2.24) is 15.8 Å². The minimum Gasteiger partial charge on any atom is -0.497 e. The van der Waals surface area contributed by atoms with E-state index in [0.717, 1.165) is 23.0 Å². The molecule has 8 heteroatoms. The molecular weight excluding hydrogens is 447 g/mol. The van der Waals surface area contributed by atoms with E-state index in [9.17, 15) is 0 Å². The standard InChI is InChI=1S/C18H26N4O3.HI/c1-13(2)17-11-16(25-22-17)12-21-18(19-3)20-8-9-24-15-7-5-6-14(10-15)23-4;/h5-7,10-11,13H,8-9,12H2,1-4H3,(H2,19,20,21);1H. The van der Waals surface area contributed by atoms with Crippen LogP contribution in [0.25, 0.3) is 0 Å². The van der Waals surface area contributed by atoms with Gasteiger partial charge in [-0.2, -0.15) is 0 Å². The summed E-state index contributed by atoms with van der Waals surface area (Å²) in [6.45, 7) is 5.81. The lowest BCUT2D eigenvalue weighted by Crippen LogP contribution is -2.38. The minimum atomic E-state index is 0. The number of aliphatic imine (C=N–C) groups is 1. The Hall–Kier alpha value is -1.97. The summed E-state index contributed by atoms with van der Waals surface area (Å²) >= 11 is 0. The van der Waals surface area contributed by atoms with Crippen molar-refractivity contribution in [2.24, 2.45) is 4.99 Å². The molecule has 0 saturated heterocycles. The molecule has 0 aliphatic rings. The van der Waals surface area contributed by atoms with Gasteiger partial charge in [0, 0.05) is 19.2 Å². The van der Waals surface area contributed by atoms with Crippen molar-refractivity contribution in [3.63, 3.8) is 0 Å². The average Bonchev–Trinajstić information content (AvgIpc) is 3.10. The van der Waals surface area contributed by atoms with Gasteiger partial charge >= 0.3 is 0 Å². The molecule has 0 unspecified atom stereocenters. The average molecular weight is 474 g/mol. The number of guanidine groups is 1. The van der Waals surface area contributed by atoms with Gasteiger partial charge in [0.05, 0.1) is 25.9 Å². The van der Waals surface area contributed by atoms with Gasteiger partial charge in [0.25, 0.3) is 0 Å². The number of halogens is 1. The van der Waals surface area contributed by atoms with Crippen LogP contribution in [-0.2, 0) is 6.54 Å². The highest BCUT2D eigenvalue weighted by Gasteiger charge is 2.08. The molecule has 0 aliphatic heterocycles. The molecule has 2 rings (SSSR count). The lowest BCUT2D eigenvalue weighted by molar-refractivity contribution is 0.318. The van der Waals surface area contributed by atoms with Crippen molar-refractivity contribution < 1.29 is 14.0 Å². The Morgan fingerprint density at radius 1 is 1.23 bits per heavy atom. The number of nitrogens with one attached hydrogen (secondary N) is 2. The Bertz CT molecular complexity index is 689. The summed E-state index contributed by atoms with van der Waals surface area (Å²) in [5.41, 5.74) is 0.950. The van der Waals surface area contributed by atoms with Gasteiger partial charge in [0.15, 0.2) is 11.7 Å². The van der Waals surface area contributed by atoms with E-state index < -0.39 is 0 Å². The fourth-order valence-electron chi connectivity index (χ4n) is 2.11. The number of hydrogen-bond acceptors (Lipinski definition) is 5. The van der Waals surface area contributed by atoms with Crippen LogP contribution in [0.3, 0.4) is 0 Å². The van der Waals surface area contributed by atoms with E-state index >= 15 is 0 Å². The van der Waals surface area contributed by atoms with E-state index in [1.165, 1.54) is 0 Å². The van der Waals surface area contributed by atoms with Crippen LogP contribution in [0.1, 0.15) is 31.2 Å². The molecule has 2 N–H and O–H groups in total. The maximum absolute atomic E-state index is 5.68. The monoisotopic (exact) mass is 474 g/mol. The summed E-state index contributed by atoms with van der Waals surface area (Å²) in [5, 5.41) is 10.4. The summed E-state index contributed by atoms with van der Waals surface area (Å²) in [7, 11) is 3.35. The Morgan fingerprint density at radius 2 is 2.00 bits per heavy atom. The van der Waals surface area contributed by atoms with Crippen molar-refractivity contribution in [1.29, 1.82) is 0 Å². The Labute approximate surface area is 171 Å². The van der Waals surface area contributed by atoms with Gasteiger partial charge in [0.1, 0.15) is 18.1 Å². The maximum atomic E-state index is 5.68. The molecule has 1 aromatic heterocycles. The number of aromatic nitrogens is 1. The number of ether oxygens (including phenoxy) is 2.